The number of nitrogens with one attached hydrogen (secondary N) is 1. The highest BCUT2D eigenvalue weighted by atomic mass is 28.3. The fourth-order valence-electron chi connectivity index (χ4n) is 3.65. The molecule has 4 aromatic rings. The van der Waals surface area contributed by atoms with Crippen LogP contribution in [-0.4, -0.2) is 50.4 Å². The van der Waals surface area contributed by atoms with E-state index in [1.165, 1.54) is 14.2 Å². The number of hydrogen-bond acceptors (Lipinski definition) is 5. The van der Waals surface area contributed by atoms with Crippen molar-refractivity contribution >= 4 is 20.0 Å². The molecule has 0 saturated carbocycles. The number of aromatic amines is 1. The third-order valence-electron chi connectivity index (χ3n) is 5.80. The Balaban J connectivity index is 0.000000289. The van der Waals surface area contributed by atoms with E-state index in [1.54, 1.807) is 18.5 Å². The molecule has 0 amide bonds. The van der Waals surface area contributed by atoms with Crippen LogP contribution < -0.4 is 0 Å². The molecule has 0 saturated heterocycles. The van der Waals surface area contributed by atoms with Gasteiger partial charge in [0.25, 0.3) is 0 Å². The number of methoxy groups -OCH3 is 2. The molecule has 7 nitrogen and oxygen atoms in total. The van der Waals surface area contributed by atoms with Gasteiger partial charge in [-0.05, 0) is 29.3 Å². The summed E-state index contributed by atoms with van der Waals surface area (Å²) < 4.78 is 17.2. The largest absolute Gasteiger partial charge is 0.465 e. The molecule has 0 spiro atoms. The van der Waals surface area contributed by atoms with Crippen LogP contribution >= 0.6 is 0 Å². The van der Waals surface area contributed by atoms with Crippen LogP contribution in [0, 0.1) is 0 Å². The fourth-order valence-corrected chi connectivity index (χ4v) is 4.41. The first kappa shape index (κ1) is 31.3. The van der Waals surface area contributed by atoms with Crippen molar-refractivity contribution in [1.82, 2.24) is 9.55 Å². The number of rotatable bonds is 9. The van der Waals surface area contributed by atoms with E-state index in [1.807, 2.05) is 71.3 Å². The van der Waals surface area contributed by atoms with E-state index in [0.29, 0.717) is 17.9 Å². The SMILES string of the molecule is C.COC(=O)c1c[nH]c(-c2ccccc2)c1.COC(=O)c1cc(-c2ccccc2)n(COCC[Si](C)(C)C)c1. The second-order valence-electron chi connectivity index (χ2n) is 9.95. The quantitative estimate of drug-likeness (QED) is 0.134. The first-order valence-corrected chi connectivity index (χ1v) is 16.2. The van der Waals surface area contributed by atoms with Crippen LogP contribution in [-0.2, 0) is 20.9 Å². The summed E-state index contributed by atoms with van der Waals surface area (Å²) in [5, 5.41) is 0. The van der Waals surface area contributed by atoms with E-state index in [4.69, 9.17) is 9.47 Å². The molecule has 0 unspecified atom stereocenters. The van der Waals surface area contributed by atoms with E-state index in [2.05, 4.69) is 29.4 Å². The number of esters is 2. The maximum absolute atomic E-state index is 11.8. The van der Waals surface area contributed by atoms with Crippen molar-refractivity contribution in [2.45, 2.75) is 39.8 Å². The number of carbonyl (C=O) groups is 2. The lowest BCUT2D eigenvalue weighted by Gasteiger charge is -2.16. The van der Waals surface area contributed by atoms with Crippen molar-refractivity contribution < 1.29 is 23.8 Å². The molecule has 4 rings (SSSR count). The number of hydrogen-bond donors (Lipinski definition) is 1. The molecule has 1 N–H and O–H groups in total. The molecule has 0 atom stereocenters. The van der Waals surface area contributed by atoms with Crippen LogP contribution in [0.2, 0.25) is 25.7 Å². The molecule has 2 aromatic carbocycles. The Bertz CT molecular complexity index is 1310. The maximum atomic E-state index is 11.8. The number of carbonyl (C=O) groups excluding carboxylic acids is 2. The number of benzene rings is 2. The van der Waals surface area contributed by atoms with Crippen molar-refractivity contribution in [3.05, 3.63) is 96.3 Å². The van der Waals surface area contributed by atoms with Crippen molar-refractivity contribution in [1.29, 1.82) is 0 Å². The lowest BCUT2D eigenvalue weighted by molar-refractivity contribution is 0.0591. The van der Waals surface area contributed by atoms with Gasteiger partial charge in [0.05, 0.1) is 31.0 Å². The van der Waals surface area contributed by atoms with Crippen LogP contribution in [0.15, 0.2) is 85.2 Å². The lowest BCUT2D eigenvalue weighted by Crippen LogP contribution is -2.22. The molecule has 8 heteroatoms. The van der Waals surface area contributed by atoms with E-state index in [9.17, 15) is 9.59 Å². The summed E-state index contributed by atoms with van der Waals surface area (Å²) in [6, 6.07) is 24.6. The number of aromatic nitrogens is 2. The Morgan fingerprint density at radius 3 is 1.95 bits per heavy atom. The Morgan fingerprint density at radius 2 is 1.38 bits per heavy atom. The van der Waals surface area contributed by atoms with Gasteiger partial charge in [0.2, 0.25) is 0 Å². The molecule has 2 aromatic heterocycles. The molecule has 0 aliphatic carbocycles. The Kier molecular flexibility index (Phi) is 12.0. The molecular formula is C31H40N2O5Si. The average molecular weight is 549 g/mol. The smallest absolute Gasteiger partial charge is 0.339 e. The molecule has 0 radical (unpaired) electrons. The van der Waals surface area contributed by atoms with E-state index < -0.39 is 8.07 Å². The van der Waals surface area contributed by atoms with Crippen LogP contribution in [0.25, 0.3) is 22.5 Å². The summed E-state index contributed by atoms with van der Waals surface area (Å²) in [5.41, 5.74) is 5.05. The van der Waals surface area contributed by atoms with Crippen LogP contribution in [0.3, 0.4) is 0 Å². The van der Waals surface area contributed by atoms with Gasteiger partial charge in [-0.2, -0.15) is 0 Å². The van der Waals surface area contributed by atoms with Crippen molar-refractivity contribution in [2.24, 2.45) is 0 Å². The number of H-pyrrole nitrogens is 1. The molecule has 0 bridgehead atoms. The third-order valence-corrected chi connectivity index (χ3v) is 7.51. The highest BCUT2D eigenvalue weighted by Crippen LogP contribution is 2.23. The lowest BCUT2D eigenvalue weighted by atomic mass is 10.1. The van der Waals surface area contributed by atoms with Gasteiger partial charge in [0, 0.05) is 32.8 Å². The van der Waals surface area contributed by atoms with E-state index in [-0.39, 0.29) is 19.4 Å². The minimum absolute atomic E-state index is 0. The van der Waals surface area contributed by atoms with E-state index in [0.717, 1.165) is 35.2 Å². The fraction of sp³-hybridized carbons (Fsp3) is 0.290. The first-order valence-electron chi connectivity index (χ1n) is 12.5. The second kappa shape index (κ2) is 14.9. The van der Waals surface area contributed by atoms with Crippen LogP contribution in [0.4, 0.5) is 0 Å². The van der Waals surface area contributed by atoms with Gasteiger partial charge in [-0.15, -0.1) is 0 Å². The van der Waals surface area contributed by atoms with Gasteiger partial charge in [-0.3, -0.25) is 0 Å². The predicted molar refractivity (Wildman–Crippen MR) is 160 cm³/mol. The summed E-state index contributed by atoms with van der Waals surface area (Å²) in [6.45, 7) is 8.17. The molecule has 39 heavy (non-hydrogen) atoms. The van der Waals surface area contributed by atoms with Gasteiger partial charge in [0.15, 0.2) is 0 Å². The third kappa shape index (κ3) is 9.42. The second-order valence-corrected chi connectivity index (χ2v) is 15.6. The van der Waals surface area contributed by atoms with Gasteiger partial charge in [-0.25, -0.2) is 9.59 Å². The Hall–Kier alpha value is -3.88. The Morgan fingerprint density at radius 1 is 0.821 bits per heavy atom. The van der Waals surface area contributed by atoms with Crippen LogP contribution in [0.5, 0.6) is 0 Å². The molecular weight excluding hydrogens is 508 g/mol. The maximum Gasteiger partial charge on any atom is 0.339 e. The number of ether oxygens (including phenoxy) is 3. The highest BCUT2D eigenvalue weighted by Gasteiger charge is 2.15. The highest BCUT2D eigenvalue weighted by molar-refractivity contribution is 6.76. The van der Waals surface area contributed by atoms with Crippen molar-refractivity contribution in [2.75, 3.05) is 20.8 Å². The summed E-state index contributed by atoms with van der Waals surface area (Å²) >= 11 is 0. The minimum atomic E-state index is -1.10. The van der Waals surface area contributed by atoms with E-state index >= 15 is 0 Å². The average Bonchev–Trinajstić information content (AvgIpc) is 3.59. The monoisotopic (exact) mass is 548 g/mol. The molecule has 0 fully saturated rings. The summed E-state index contributed by atoms with van der Waals surface area (Å²) in [4.78, 5) is 26.1. The zero-order chi connectivity index (χ0) is 27.5. The van der Waals surface area contributed by atoms with Crippen molar-refractivity contribution in [3.8, 4) is 22.5 Å². The summed E-state index contributed by atoms with van der Waals surface area (Å²) in [7, 11) is 1.67. The number of nitrogens with zero attached hydrogens (tertiary/aromatic N) is 1. The molecule has 2 heterocycles. The first-order chi connectivity index (χ1) is 18.2. The van der Waals surface area contributed by atoms with Crippen LogP contribution in [0.1, 0.15) is 28.1 Å². The molecule has 0 aliphatic rings. The molecule has 0 aliphatic heterocycles. The Labute approximate surface area is 232 Å². The normalized spacial score (nSPS) is 10.6. The van der Waals surface area contributed by atoms with Gasteiger partial charge in [0.1, 0.15) is 6.73 Å². The summed E-state index contributed by atoms with van der Waals surface area (Å²) in [6.07, 6.45) is 3.44. The predicted octanol–water partition coefficient (Wildman–Crippen LogP) is 7.36. The minimum Gasteiger partial charge on any atom is -0.465 e. The van der Waals surface area contributed by atoms with Gasteiger partial charge >= 0.3 is 11.9 Å². The van der Waals surface area contributed by atoms with Gasteiger partial charge in [-0.1, -0.05) is 87.7 Å². The standard InChI is InChI=1S/C18H25NO3Si.C12H11NO2.CH4/c1-21-18(20)16-12-17(15-8-6-5-7-9-15)19(13-16)14-22-10-11-23(2,3)4;1-15-12(14)10-7-11(13-8-10)9-5-3-2-4-6-9;/h5-9,12-13H,10-11,14H2,1-4H3;2-8,13H,1H3;1H4. The topological polar surface area (TPSA) is 82.6 Å². The van der Waals surface area contributed by atoms with Gasteiger partial charge < -0.3 is 23.8 Å². The van der Waals surface area contributed by atoms with Crippen molar-refractivity contribution in [3.63, 3.8) is 0 Å². The zero-order valence-electron chi connectivity index (χ0n) is 22.7. The summed E-state index contributed by atoms with van der Waals surface area (Å²) in [5.74, 6) is -0.656. The zero-order valence-corrected chi connectivity index (χ0v) is 23.7. The molecule has 208 valence electrons.